The van der Waals surface area contributed by atoms with Crippen LogP contribution in [0.1, 0.15) is 70.3 Å². The third-order valence-electron chi connectivity index (χ3n) is 4.55. The van der Waals surface area contributed by atoms with Crippen LogP contribution in [0.4, 0.5) is 0 Å². The zero-order chi connectivity index (χ0) is 13.6. The smallest absolute Gasteiger partial charge is 0.113 e. The van der Waals surface area contributed by atoms with Crippen molar-refractivity contribution in [2.45, 2.75) is 70.3 Å². The molecule has 3 heteroatoms. The minimum Gasteiger partial charge on any atom is -0.242 e. The van der Waals surface area contributed by atoms with Gasteiger partial charge in [0.05, 0.1) is 11.6 Å². The van der Waals surface area contributed by atoms with Gasteiger partial charge in [0.1, 0.15) is 5.52 Å². The molecule has 0 radical (unpaired) electrons. The SMILES string of the molecule is c1ccc2c(c1)nnn2C1CCCCCCCCCC1. The van der Waals surface area contributed by atoms with Crippen LogP contribution in [0.3, 0.4) is 0 Å². The van der Waals surface area contributed by atoms with Crippen molar-refractivity contribution in [1.82, 2.24) is 15.0 Å². The Morgan fingerprint density at radius 2 is 1.40 bits per heavy atom. The van der Waals surface area contributed by atoms with Crippen molar-refractivity contribution in [1.29, 1.82) is 0 Å². The summed E-state index contributed by atoms with van der Waals surface area (Å²) in [5.41, 5.74) is 2.23. The first-order chi connectivity index (χ1) is 9.95. The molecule has 0 N–H and O–H groups in total. The summed E-state index contributed by atoms with van der Waals surface area (Å²) in [6, 6.07) is 8.89. The Bertz CT molecular complexity index is 520. The summed E-state index contributed by atoms with van der Waals surface area (Å²) in [6.07, 6.45) is 13.6. The van der Waals surface area contributed by atoms with E-state index in [0.29, 0.717) is 6.04 Å². The Morgan fingerprint density at radius 1 is 0.800 bits per heavy atom. The predicted octanol–water partition coefficient (Wildman–Crippen LogP) is 4.89. The van der Waals surface area contributed by atoms with Gasteiger partial charge in [-0.05, 0) is 25.0 Å². The summed E-state index contributed by atoms with van der Waals surface area (Å²) >= 11 is 0. The summed E-state index contributed by atoms with van der Waals surface area (Å²) < 4.78 is 2.19. The van der Waals surface area contributed by atoms with Crippen molar-refractivity contribution < 1.29 is 0 Å². The lowest BCUT2D eigenvalue weighted by atomic mass is 10.0. The summed E-state index contributed by atoms with van der Waals surface area (Å²) in [5, 5.41) is 8.76. The molecule has 3 rings (SSSR count). The summed E-state index contributed by atoms with van der Waals surface area (Å²) in [4.78, 5) is 0. The molecular formula is C17H25N3. The van der Waals surface area contributed by atoms with Crippen LogP contribution < -0.4 is 0 Å². The molecule has 1 fully saturated rings. The van der Waals surface area contributed by atoms with Crippen LogP contribution in [0.25, 0.3) is 11.0 Å². The average Bonchev–Trinajstić information content (AvgIpc) is 2.87. The highest BCUT2D eigenvalue weighted by atomic mass is 15.4. The number of hydrogen-bond acceptors (Lipinski definition) is 2. The summed E-state index contributed by atoms with van der Waals surface area (Å²) in [6.45, 7) is 0. The van der Waals surface area contributed by atoms with Crippen molar-refractivity contribution in [3.05, 3.63) is 24.3 Å². The first kappa shape index (κ1) is 13.6. The molecule has 1 aliphatic carbocycles. The average molecular weight is 271 g/mol. The summed E-state index contributed by atoms with van der Waals surface area (Å²) in [5.74, 6) is 0. The highest BCUT2D eigenvalue weighted by molar-refractivity contribution is 5.73. The van der Waals surface area contributed by atoms with Gasteiger partial charge in [-0.2, -0.15) is 0 Å². The molecule has 0 spiro atoms. The Balaban J connectivity index is 1.77. The van der Waals surface area contributed by atoms with E-state index in [1.807, 2.05) is 6.07 Å². The number of benzene rings is 1. The van der Waals surface area contributed by atoms with Crippen molar-refractivity contribution in [3.8, 4) is 0 Å². The van der Waals surface area contributed by atoms with Gasteiger partial charge in [-0.25, -0.2) is 4.68 Å². The second-order valence-electron chi connectivity index (χ2n) is 6.08. The van der Waals surface area contributed by atoms with E-state index in [0.717, 1.165) is 5.52 Å². The molecule has 0 bridgehead atoms. The van der Waals surface area contributed by atoms with E-state index < -0.39 is 0 Å². The van der Waals surface area contributed by atoms with Gasteiger partial charge in [-0.1, -0.05) is 68.7 Å². The monoisotopic (exact) mass is 271 g/mol. The molecule has 1 saturated carbocycles. The minimum atomic E-state index is 0.542. The van der Waals surface area contributed by atoms with E-state index in [9.17, 15) is 0 Å². The van der Waals surface area contributed by atoms with Crippen LogP contribution in [-0.2, 0) is 0 Å². The van der Waals surface area contributed by atoms with Gasteiger partial charge in [0.15, 0.2) is 0 Å². The molecule has 20 heavy (non-hydrogen) atoms. The number of hydrogen-bond donors (Lipinski definition) is 0. The number of nitrogens with zero attached hydrogens (tertiary/aromatic N) is 3. The van der Waals surface area contributed by atoms with Crippen LogP contribution in [0.2, 0.25) is 0 Å². The van der Waals surface area contributed by atoms with Crippen molar-refractivity contribution >= 4 is 11.0 Å². The van der Waals surface area contributed by atoms with Crippen molar-refractivity contribution in [2.75, 3.05) is 0 Å². The second kappa shape index (κ2) is 6.87. The molecule has 1 aliphatic rings. The van der Waals surface area contributed by atoms with E-state index >= 15 is 0 Å². The lowest BCUT2D eigenvalue weighted by Gasteiger charge is -2.17. The van der Waals surface area contributed by atoms with E-state index in [1.165, 1.54) is 69.7 Å². The topological polar surface area (TPSA) is 30.7 Å². The molecule has 1 heterocycles. The highest BCUT2D eigenvalue weighted by Crippen LogP contribution is 2.27. The van der Waals surface area contributed by atoms with Crippen LogP contribution >= 0.6 is 0 Å². The van der Waals surface area contributed by atoms with Gasteiger partial charge in [0.2, 0.25) is 0 Å². The second-order valence-corrected chi connectivity index (χ2v) is 6.08. The van der Waals surface area contributed by atoms with Gasteiger partial charge >= 0.3 is 0 Å². The molecule has 1 aromatic carbocycles. The quantitative estimate of drug-likeness (QED) is 0.739. The fourth-order valence-electron chi connectivity index (χ4n) is 3.37. The van der Waals surface area contributed by atoms with E-state index in [-0.39, 0.29) is 0 Å². The van der Waals surface area contributed by atoms with Gasteiger partial charge in [0, 0.05) is 0 Å². The molecule has 0 atom stereocenters. The molecule has 0 saturated heterocycles. The maximum atomic E-state index is 4.44. The predicted molar refractivity (Wildman–Crippen MR) is 82.7 cm³/mol. The molecule has 0 amide bonds. The van der Waals surface area contributed by atoms with Crippen LogP contribution in [0, 0.1) is 0 Å². The largest absolute Gasteiger partial charge is 0.242 e. The maximum Gasteiger partial charge on any atom is 0.113 e. The Hall–Kier alpha value is -1.38. The fourth-order valence-corrected chi connectivity index (χ4v) is 3.37. The standard InChI is InChI=1S/C17H25N3/c1-2-4-6-8-12-15(11-7-5-3-1)20-17-14-10-9-13-16(17)18-19-20/h9-10,13-15H,1-8,11-12H2. The van der Waals surface area contributed by atoms with E-state index in [2.05, 4.69) is 33.2 Å². The molecule has 2 aromatic rings. The Kier molecular flexibility index (Phi) is 4.67. The number of para-hydroxylation sites is 1. The molecule has 3 nitrogen and oxygen atoms in total. The van der Waals surface area contributed by atoms with Crippen LogP contribution in [0.15, 0.2) is 24.3 Å². The number of rotatable bonds is 1. The van der Waals surface area contributed by atoms with Crippen LogP contribution in [0.5, 0.6) is 0 Å². The third kappa shape index (κ3) is 3.20. The number of fused-ring (bicyclic) bond motifs is 1. The van der Waals surface area contributed by atoms with E-state index in [1.54, 1.807) is 0 Å². The molecule has 0 unspecified atom stereocenters. The number of aromatic nitrogens is 3. The highest BCUT2D eigenvalue weighted by Gasteiger charge is 2.15. The van der Waals surface area contributed by atoms with Gasteiger partial charge in [0.25, 0.3) is 0 Å². The van der Waals surface area contributed by atoms with Gasteiger partial charge in [-0.15, -0.1) is 5.10 Å². The molecular weight excluding hydrogens is 246 g/mol. The van der Waals surface area contributed by atoms with Crippen LogP contribution in [-0.4, -0.2) is 15.0 Å². The molecule has 1 aromatic heterocycles. The lowest BCUT2D eigenvalue weighted by molar-refractivity contribution is 0.375. The zero-order valence-electron chi connectivity index (χ0n) is 12.3. The normalized spacial score (nSPS) is 19.8. The van der Waals surface area contributed by atoms with Gasteiger partial charge < -0.3 is 0 Å². The van der Waals surface area contributed by atoms with Crippen molar-refractivity contribution in [2.24, 2.45) is 0 Å². The summed E-state index contributed by atoms with van der Waals surface area (Å²) in [7, 11) is 0. The third-order valence-corrected chi connectivity index (χ3v) is 4.55. The zero-order valence-corrected chi connectivity index (χ0v) is 12.3. The Labute approximate surface area is 121 Å². The first-order valence-corrected chi connectivity index (χ1v) is 8.25. The Morgan fingerprint density at radius 3 is 2.10 bits per heavy atom. The molecule has 0 aliphatic heterocycles. The lowest BCUT2D eigenvalue weighted by Crippen LogP contribution is -2.11. The first-order valence-electron chi connectivity index (χ1n) is 8.25. The van der Waals surface area contributed by atoms with Crippen molar-refractivity contribution in [3.63, 3.8) is 0 Å². The minimum absolute atomic E-state index is 0.542. The van der Waals surface area contributed by atoms with E-state index in [4.69, 9.17) is 0 Å². The fraction of sp³-hybridized carbons (Fsp3) is 0.647. The van der Waals surface area contributed by atoms with Gasteiger partial charge in [-0.3, -0.25) is 0 Å². The maximum absolute atomic E-state index is 4.44. The molecule has 108 valence electrons.